The Morgan fingerprint density at radius 3 is 1.85 bits per heavy atom. The third kappa shape index (κ3) is 7.32. The molecule has 0 radical (unpaired) electrons. The van der Waals surface area contributed by atoms with Crippen molar-refractivity contribution < 1.29 is 40.0 Å². The molecule has 12 N–H and O–H groups in total. The number of rotatable bonds is 7. The van der Waals surface area contributed by atoms with Crippen molar-refractivity contribution in [3.05, 3.63) is 92.9 Å². The number of benzene rings is 3. The van der Waals surface area contributed by atoms with Gasteiger partial charge in [-0.2, -0.15) is 0 Å². The minimum atomic E-state index is -1.19. The number of aromatic hydroxyl groups is 3. The predicted molar refractivity (Wildman–Crippen MR) is 179 cm³/mol. The van der Waals surface area contributed by atoms with E-state index in [0.29, 0.717) is 22.5 Å². The molecular formula is C33H36N6O9. The molecule has 0 amide bonds. The number of non-ortho nitro benzene ring substituents is 1. The molecule has 0 saturated heterocycles. The van der Waals surface area contributed by atoms with Crippen LogP contribution >= 0.6 is 0 Å². The number of fused-ring (bicyclic) bond motifs is 3. The maximum Gasteiger partial charge on any atom is 0.320 e. The number of nitrogens with one attached hydrogen (secondary N) is 3. The van der Waals surface area contributed by atoms with Gasteiger partial charge in [0.2, 0.25) is 0 Å². The smallest absolute Gasteiger partial charge is 0.320 e. The lowest BCUT2D eigenvalue weighted by Crippen LogP contribution is -2.32. The van der Waals surface area contributed by atoms with E-state index in [2.05, 4.69) is 15.0 Å². The third-order valence-corrected chi connectivity index (χ3v) is 7.81. The number of nitro groups is 1. The van der Waals surface area contributed by atoms with Crippen LogP contribution in [-0.2, 0) is 22.4 Å². The fourth-order valence-corrected chi connectivity index (χ4v) is 5.42. The molecule has 15 heteroatoms. The maximum atomic E-state index is 11.1. The topological polar surface area (TPSA) is 278 Å². The molecule has 15 nitrogen and oxygen atoms in total. The van der Waals surface area contributed by atoms with Crippen LogP contribution in [-0.4, -0.2) is 69.4 Å². The van der Waals surface area contributed by atoms with Gasteiger partial charge in [0, 0.05) is 46.8 Å². The van der Waals surface area contributed by atoms with Crippen LogP contribution in [0.2, 0.25) is 0 Å². The van der Waals surface area contributed by atoms with E-state index in [1.54, 1.807) is 25.1 Å². The summed E-state index contributed by atoms with van der Waals surface area (Å²) in [7, 11) is 0. The number of aromatic nitrogens is 3. The molecular weight excluding hydrogens is 624 g/mol. The fraction of sp³-hybridized carbons (Fsp3) is 0.212. The molecule has 0 spiro atoms. The SMILES string of the molecule is Cc1[nH]c2c(O)ccc([N+](=O)[O-])c2c1CC(N)C(=O)O.Cc1[nH]c2c(O)cccc2c1CC(N)C(=O)O.Cc1cc2cccc(O)c2[nH]1. The van der Waals surface area contributed by atoms with Gasteiger partial charge in [-0.15, -0.1) is 0 Å². The van der Waals surface area contributed by atoms with E-state index < -0.39 is 28.9 Å². The van der Waals surface area contributed by atoms with Crippen molar-refractivity contribution in [2.75, 3.05) is 0 Å². The summed E-state index contributed by atoms with van der Waals surface area (Å²) in [6.45, 7) is 5.45. The number of aromatic amines is 3. The summed E-state index contributed by atoms with van der Waals surface area (Å²) in [6.07, 6.45) is 0.177. The highest BCUT2D eigenvalue weighted by Crippen LogP contribution is 2.36. The summed E-state index contributed by atoms with van der Waals surface area (Å²) in [6, 6.07) is 12.9. The highest BCUT2D eigenvalue weighted by atomic mass is 16.6. The Bertz CT molecular complexity index is 2150. The van der Waals surface area contributed by atoms with Crippen LogP contribution in [0.15, 0.2) is 54.6 Å². The Morgan fingerprint density at radius 2 is 1.27 bits per heavy atom. The van der Waals surface area contributed by atoms with Gasteiger partial charge in [0.05, 0.1) is 26.9 Å². The Balaban J connectivity index is 0.000000169. The van der Waals surface area contributed by atoms with Gasteiger partial charge >= 0.3 is 11.9 Å². The summed E-state index contributed by atoms with van der Waals surface area (Å²) in [5.41, 5.74) is 16.2. The molecule has 48 heavy (non-hydrogen) atoms. The Morgan fingerprint density at radius 1 is 0.750 bits per heavy atom. The molecule has 6 aromatic rings. The summed E-state index contributed by atoms with van der Waals surface area (Å²) in [5.74, 6) is -1.89. The first-order chi connectivity index (χ1) is 22.6. The molecule has 0 aliphatic rings. The minimum absolute atomic E-state index is 0.0640. The van der Waals surface area contributed by atoms with Crippen LogP contribution < -0.4 is 11.5 Å². The zero-order chi connectivity index (χ0) is 35.4. The van der Waals surface area contributed by atoms with E-state index in [0.717, 1.165) is 33.2 Å². The fourth-order valence-electron chi connectivity index (χ4n) is 5.42. The number of hydrogen-bond acceptors (Lipinski definition) is 9. The van der Waals surface area contributed by atoms with Crippen LogP contribution in [0.5, 0.6) is 17.2 Å². The molecule has 0 bridgehead atoms. The van der Waals surface area contributed by atoms with Crippen LogP contribution in [0, 0.1) is 30.9 Å². The largest absolute Gasteiger partial charge is 0.506 e. The van der Waals surface area contributed by atoms with Crippen molar-refractivity contribution in [3.8, 4) is 17.2 Å². The lowest BCUT2D eigenvalue weighted by atomic mass is 10.0. The number of phenols is 3. The Hall–Kier alpha value is -6.06. The van der Waals surface area contributed by atoms with Gasteiger partial charge in [-0.05, 0) is 56.2 Å². The summed E-state index contributed by atoms with van der Waals surface area (Å²) >= 11 is 0. The number of carboxylic acids is 2. The van der Waals surface area contributed by atoms with E-state index in [1.165, 1.54) is 12.1 Å². The van der Waals surface area contributed by atoms with Crippen LogP contribution in [0.25, 0.3) is 32.7 Å². The molecule has 252 valence electrons. The first-order valence-electron chi connectivity index (χ1n) is 14.6. The number of carbonyl (C=O) groups is 2. The molecule has 2 atom stereocenters. The average molecular weight is 661 g/mol. The van der Waals surface area contributed by atoms with E-state index in [4.69, 9.17) is 21.7 Å². The van der Waals surface area contributed by atoms with Crippen molar-refractivity contribution >= 4 is 50.3 Å². The molecule has 3 aromatic carbocycles. The Kier molecular flexibility index (Phi) is 10.3. The second-order valence-electron chi connectivity index (χ2n) is 11.3. The number of hydrogen-bond donors (Lipinski definition) is 10. The number of para-hydroxylation sites is 2. The lowest BCUT2D eigenvalue weighted by molar-refractivity contribution is -0.383. The van der Waals surface area contributed by atoms with Crippen molar-refractivity contribution in [1.82, 2.24) is 15.0 Å². The van der Waals surface area contributed by atoms with Crippen molar-refractivity contribution in [2.24, 2.45) is 11.5 Å². The number of nitrogens with zero attached hydrogens (tertiary/aromatic N) is 1. The summed E-state index contributed by atoms with van der Waals surface area (Å²) in [4.78, 5) is 41.0. The highest BCUT2D eigenvalue weighted by Gasteiger charge is 2.24. The molecule has 2 unspecified atom stereocenters. The van der Waals surface area contributed by atoms with Crippen molar-refractivity contribution in [1.29, 1.82) is 0 Å². The monoisotopic (exact) mass is 660 g/mol. The van der Waals surface area contributed by atoms with Crippen LogP contribution in [0.4, 0.5) is 5.69 Å². The zero-order valence-corrected chi connectivity index (χ0v) is 26.2. The highest BCUT2D eigenvalue weighted by molar-refractivity contribution is 5.97. The quantitative estimate of drug-likeness (QED) is 0.0848. The molecule has 0 aliphatic heterocycles. The van der Waals surface area contributed by atoms with Crippen molar-refractivity contribution in [3.63, 3.8) is 0 Å². The average Bonchev–Trinajstić information content (AvgIpc) is 3.67. The molecule has 0 fully saturated rings. The third-order valence-electron chi connectivity index (χ3n) is 7.81. The number of carboxylic acid groups (broad SMARTS) is 2. The lowest BCUT2D eigenvalue weighted by Gasteiger charge is -2.06. The van der Waals surface area contributed by atoms with E-state index in [9.17, 15) is 35.0 Å². The van der Waals surface area contributed by atoms with Crippen LogP contribution in [0.3, 0.4) is 0 Å². The van der Waals surface area contributed by atoms with Gasteiger partial charge in [-0.1, -0.05) is 24.3 Å². The predicted octanol–water partition coefficient (Wildman–Crippen LogP) is 4.36. The normalized spacial score (nSPS) is 12.2. The Labute approximate surface area is 272 Å². The van der Waals surface area contributed by atoms with E-state index in [1.807, 2.05) is 38.1 Å². The molecule has 6 rings (SSSR count). The number of nitrogens with two attached hydrogens (primary N) is 2. The van der Waals surface area contributed by atoms with Gasteiger partial charge in [-0.25, -0.2) is 0 Å². The minimum Gasteiger partial charge on any atom is -0.506 e. The zero-order valence-electron chi connectivity index (χ0n) is 26.2. The number of H-pyrrole nitrogens is 3. The number of phenolic OH excluding ortho intramolecular Hbond substituents is 3. The number of nitro benzene ring substituents is 1. The molecule has 0 aliphatic carbocycles. The number of aliphatic carboxylic acids is 2. The van der Waals surface area contributed by atoms with Gasteiger partial charge in [0.25, 0.3) is 5.69 Å². The van der Waals surface area contributed by atoms with Gasteiger partial charge < -0.3 is 52.0 Å². The molecule has 0 saturated carbocycles. The second kappa shape index (κ2) is 14.1. The first kappa shape index (κ1) is 34.8. The van der Waals surface area contributed by atoms with E-state index in [-0.39, 0.29) is 40.9 Å². The first-order valence-corrected chi connectivity index (χ1v) is 14.6. The number of aryl methyl sites for hydroxylation is 3. The standard InChI is InChI=1S/C12H13N3O5.C12H14N2O3.C9H9NO/c1-5-6(4-7(13)12(17)18)10-8(15(19)20)2-3-9(16)11(10)14-5;1-6-8(5-9(13)12(16)17)7-3-2-4-10(15)11(7)14-6;1-6-5-7-3-2-4-8(11)9(7)10-6/h2-3,7,14,16H,4,13H2,1H3,(H,17,18);2-4,9,14-15H,5,13H2,1H3,(H,16,17);2-5,10-11H,1H3. The van der Waals surface area contributed by atoms with Gasteiger partial charge in [0.1, 0.15) is 29.3 Å². The summed E-state index contributed by atoms with van der Waals surface area (Å²) in [5, 5.41) is 59.6. The maximum absolute atomic E-state index is 11.1. The van der Waals surface area contributed by atoms with Crippen LogP contribution in [0.1, 0.15) is 28.2 Å². The van der Waals surface area contributed by atoms with Gasteiger partial charge in [-0.3, -0.25) is 19.7 Å². The van der Waals surface area contributed by atoms with Crippen molar-refractivity contribution in [2.45, 2.75) is 45.7 Å². The van der Waals surface area contributed by atoms with Gasteiger partial charge in [0.15, 0.2) is 0 Å². The second-order valence-corrected chi connectivity index (χ2v) is 11.3. The summed E-state index contributed by atoms with van der Waals surface area (Å²) < 4.78 is 0. The van der Waals surface area contributed by atoms with E-state index >= 15 is 0 Å². The molecule has 3 heterocycles. The molecule has 3 aromatic heterocycles.